The molecule has 3 heterocycles. The maximum absolute atomic E-state index is 5.64. The first kappa shape index (κ1) is 17.7. The van der Waals surface area contributed by atoms with Gasteiger partial charge in [0.15, 0.2) is 5.11 Å². The Hall–Kier alpha value is -2.66. The first-order valence-electron chi connectivity index (χ1n) is 9.33. The molecule has 1 fully saturated rings. The maximum Gasteiger partial charge on any atom is 0.170 e. The standard InChI is InChI=1S/C22H24N4S/c1-4-25-21(20(24-22(25)27)18-8-5-6-12-23-18)19-9-7-13-26(19)17-11-10-15(2)16(3)14-17/h5-14,20-21H,4H2,1-3H3,(H,24,27)/t20-,21+/m1/s1. The van der Waals surface area contributed by atoms with Crippen molar-refractivity contribution >= 4 is 17.3 Å². The predicted octanol–water partition coefficient (Wildman–Crippen LogP) is 4.48. The zero-order valence-corrected chi connectivity index (χ0v) is 16.7. The average molecular weight is 377 g/mol. The van der Waals surface area contributed by atoms with Crippen LogP contribution in [-0.4, -0.2) is 26.1 Å². The minimum absolute atomic E-state index is 0.0267. The van der Waals surface area contributed by atoms with E-state index < -0.39 is 0 Å². The zero-order valence-electron chi connectivity index (χ0n) is 15.9. The Kier molecular flexibility index (Phi) is 4.70. The van der Waals surface area contributed by atoms with E-state index in [9.17, 15) is 0 Å². The van der Waals surface area contributed by atoms with Crippen LogP contribution in [0.25, 0.3) is 5.69 Å². The molecule has 1 aliphatic rings. The molecule has 3 aromatic rings. The Morgan fingerprint density at radius 1 is 1.07 bits per heavy atom. The van der Waals surface area contributed by atoms with E-state index in [1.54, 1.807) is 0 Å². The highest BCUT2D eigenvalue weighted by Gasteiger charge is 2.40. The Balaban J connectivity index is 1.81. The van der Waals surface area contributed by atoms with Gasteiger partial charge in [0.1, 0.15) is 0 Å². The minimum Gasteiger partial charge on any atom is -0.352 e. The Morgan fingerprint density at radius 3 is 2.63 bits per heavy atom. The largest absolute Gasteiger partial charge is 0.352 e. The number of rotatable bonds is 4. The number of hydrogen-bond acceptors (Lipinski definition) is 2. The normalized spacial score (nSPS) is 19.4. The second kappa shape index (κ2) is 7.16. The molecule has 1 N–H and O–H groups in total. The molecule has 27 heavy (non-hydrogen) atoms. The van der Waals surface area contributed by atoms with E-state index in [0.717, 1.165) is 17.4 Å². The lowest BCUT2D eigenvalue weighted by molar-refractivity contribution is 0.321. The molecular weight excluding hydrogens is 352 g/mol. The lowest BCUT2D eigenvalue weighted by Crippen LogP contribution is -2.30. The fourth-order valence-corrected chi connectivity index (χ4v) is 4.18. The molecule has 0 aliphatic carbocycles. The van der Waals surface area contributed by atoms with E-state index in [0.29, 0.717) is 0 Å². The quantitative estimate of drug-likeness (QED) is 0.681. The van der Waals surface area contributed by atoms with E-state index >= 15 is 0 Å². The first-order chi connectivity index (χ1) is 13.1. The van der Waals surface area contributed by atoms with Gasteiger partial charge in [-0.05, 0) is 80.5 Å². The van der Waals surface area contributed by atoms with E-state index in [4.69, 9.17) is 12.2 Å². The third kappa shape index (κ3) is 3.12. The molecule has 138 valence electrons. The van der Waals surface area contributed by atoms with Crippen molar-refractivity contribution < 1.29 is 0 Å². The molecule has 1 aromatic carbocycles. The van der Waals surface area contributed by atoms with Gasteiger partial charge < -0.3 is 14.8 Å². The predicted molar refractivity (Wildman–Crippen MR) is 113 cm³/mol. The second-order valence-corrected chi connectivity index (χ2v) is 7.37. The molecule has 1 aliphatic heterocycles. The van der Waals surface area contributed by atoms with Gasteiger partial charge >= 0.3 is 0 Å². The molecule has 4 rings (SSSR count). The number of benzene rings is 1. The summed E-state index contributed by atoms with van der Waals surface area (Å²) in [5.41, 5.74) is 5.99. The number of thiocarbonyl (C=S) groups is 1. The maximum atomic E-state index is 5.64. The monoisotopic (exact) mass is 376 g/mol. The summed E-state index contributed by atoms with van der Waals surface area (Å²) in [6, 6.07) is 17.1. The van der Waals surface area contributed by atoms with Crippen molar-refractivity contribution in [1.29, 1.82) is 0 Å². The van der Waals surface area contributed by atoms with Gasteiger partial charge in [-0.3, -0.25) is 4.98 Å². The molecule has 0 saturated carbocycles. The lowest BCUT2D eigenvalue weighted by atomic mass is 10.0. The number of aromatic nitrogens is 2. The second-order valence-electron chi connectivity index (χ2n) is 6.98. The highest BCUT2D eigenvalue weighted by molar-refractivity contribution is 7.80. The number of nitrogens with zero attached hydrogens (tertiary/aromatic N) is 3. The molecule has 2 atom stereocenters. The highest BCUT2D eigenvalue weighted by atomic mass is 32.1. The molecule has 0 radical (unpaired) electrons. The van der Waals surface area contributed by atoms with Crippen molar-refractivity contribution in [2.45, 2.75) is 32.9 Å². The van der Waals surface area contributed by atoms with Crippen LogP contribution in [0.2, 0.25) is 0 Å². The van der Waals surface area contributed by atoms with Crippen LogP contribution in [0.5, 0.6) is 0 Å². The van der Waals surface area contributed by atoms with Crippen molar-refractivity contribution in [1.82, 2.24) is 19.8 Å². The molecule has 4 nitrogen and oxygen atoms in total. The third-order valence-electron chi connectivity index (χ3n) is 5.39. The van der Waals surface area contributed by atoms with Crippen LogP contribution in [-0.2, 0) is 0 Å². The molecule has 0 spiro atoms. The summed E-state index contributed by atoms with van der Waals surface area (Å²) >= 11 is 5.64. The van der Waals surface area contributed by atoms with Crippen molar-refractivity contribution in [3.63, 3.8) is 0 Å². The average Bonchev–Trinajstić information content (AvgIpc) is 3.28. The van der Waals surface area contributed by atoms with Gasteiger partial charge in [0.05, 0.1) is 17.8 Å². The van der Waals surface area contributed by atoms with E-state index in [-0.39, 0.29) is 12.1 Å². The fraction of sp³-hybridized carbons (Fsp3) is 0.273. The summed E-state index contributed by atoms with van der Waals surface area (Å²) in [6.07, 6.45) is 3.97. The lowest BCUT2D eigenvalue weighted by Gasteiger charge is -2.28. The SMILES string of the molecule is CCN1C(=S)N[C@H](c2ccccn2)[C@@H]1c1cccn1-c1ccc(C)c(C)c1. The molecule has 0 bridgehead atoms. The number of pyridine rings is 1. The van der Waals surface area contributed by atoms with Gasteiger partial charge in [0.2, 0.25) is 0 Å². The molecule has 2 aromatic heterocycles. The van der Waals surface area contributed by atoms with Crippen LogP contribution in [0.15, 0.2) is 60.9 Å². The molecule has 0 unspecified atom stereocenters. The van der Waals surface area contributed by atoms with Crippen LogP contribution in [0.4, 0.5) is 0 Å². The molecule has 0 amide bonds. The fourth-order valence-electron chi connectivity index (χ4n) is 3.81. The van der Waals surface area contributed by atoms with E-state index in [1.165, 1.54) is 22.5 Å². The van der Waals surface area contributed by atoms with Crippen LogP contribution in [0.3, 0.4) is 0 Å². The summed E-state index contributed by atoms with van der Waals surface area (Å²) in [5, 5.41) is 4.27. The van der Waals surface area contributed by atoms with Gasteiger partial charge in [0.25, 0.3) is 0 Å². The van der Waals surface area contributed by atoms with Crippen LogP contribution in [0.1, 0.15) is 41.5 Å². The van der Waals surface area contributed by atoms with Gasteiger partial charge in [0, 0.05) is 30.3 Å². The summed E-state index contributed by atoms with van der Waals surface area (Å²) in [6.45, 7) is 7.29. The van der Waals surface area contributed by atoms with Crippen molar-refractivity contribution in [2.24, 2.45) is 0 Å². The Bertz CT molecular complexity index is 963. The number of hydrogen-bond donors (Lipinski definition) is 1. The summed E-state index contributed by atoms with van der Waals surface area (Å²) in [4.78, 5) is 6.85. The number of aryl methyl sites for hydroxylation is 2. The first-order valence-corrected chi connectivity index (χ1v) is 9.74. The summed E-state index contributed by atoms with van der Waals surface area (Å²) < 4.78 is 2.27. The van der Waals surface area contributed by atoms with Gasteiger partial charge in [-0.2, -0.15) is 0 Å². The van der Waals surface area contributed by atoms with Gasteiger partial charge in [-0.1, -0.05) is 12.1 Å². The highest BCUT2D eigenvalue weighted by Crippen LogP contribution is 2.39. The van der Waals surface area contributed by atoms with Crippen LogP contribution >= 0.6 is 12.2 Å². The van der Waals surface area contributed by atoms with Crippen molar-refractivity contribution in [3.8, 4) is 5.69 Å². The zero-order chi connectivity index (χ0) is 19.0. The van der Waals surface area contributed by atoms with Crippen molar-refractivity contribution in [3.05, 3.63) is 83.4 Å². The van der Waals surface area contributed by atoms with Gasteiger partial charge in [-0.25, -0.2) is 0 Å². The number of likely N-dealkylation sites (N-methyl/N-ethyl adjacent to an activating group) is 1. The molecule has 5 heteroatoms. The van der Waals surface area contributed by atoms with E-state index in [2.05, 4.69) is 83.1 Å². The topological polar surface area (TPSA) is 33.1 Å². The summed E-state index contributed by atoms with van der Waals surface area (Å²) in [7, 11) is 0. The van der Waals surface area contributed by atoms with E-state index in [1.807, 2.05) is 18.3 Å². The summed E-state index contributed by atoms with van der Waals surface area (Å²) in [5.74, 6) is 0. The smallest absolute Gasteiger partial charge is 0.170 e. The van der Waals surface area contributed by atoms with Crippen LogP contribution in [0, 0.1) is 13.8 Å². The van der Waals surface area contributed by atoms with Crippen molar-refractivity contribution in [2.75, 3.05) is 6.54 Å². The Labute approximate surface area is 165 Å². The molecular formula is C22H24N4S. The number of nitrogens with one attached hydrogen (secondary N) is 1. The third-order valence-corrected chi connectivity index (χ3v) is 5.74. The Morgan fingerprint density at radius 2 is 1.93 bits per heavy atom. The van der Waals surface area contributed by atoms with Crippen LogP contribution < -0.4 is 5.32 Å². The van der Waals surface area contributed by atoms with Gasteiger partial charge in [-0.15, -0.1) is 0 Å². The molecule has 1 saturated heterocycles. The minimum atomic E-state index is 0.0267.